The van der Waals surface area contributed by atoms with Gasteiger partial charge in [-0.1, -0.05) is 0 Å². The molecule has 136 valence electrons. The van der Waals surface area contributed by atoms with E-state index in [0.29, 0.717) is 13.0 Å². The molecule has 1 aromatic rings. The molecule has 0 saturated carbocycles. The quantitative estimate of drug-likeness (QED) is 0.820. The Hall–Kier alpha value is -2.25. The molecule has 2 saturated heterocycles. The van der Waals surface area contributed by atoms with Gasteiger partial charge in [-0.2, -0.15) is 0 Å². The van der Waals surface area contributed by atoms with Crippen LogP contribution >= 0.6 is 0 Å². The van der Waals surface area contributed by atoms with Gasteiger partial charge in [0.25, 0.3) is 5.92 Å². The van der Waals surface area contributed by atoms with Crippen LogP contribution in [0.4, 0.5) is 13.6 Å². The van der Waals surface area contributed by atoms with Crippen LogP contribution in [0.5, 0.6) is 5.75 Å². The van der Waals surface area contributed by atoms with Gasteiger partial charge in [-0.3, -0.25) is 14.7 Å². The van der Waals surface area contributed by atoms with Crippen LogP contribution in [-0.4, -0.2) is 58.4 Å². The van der Waals surface area contributed by atoms with Crippen LogP contribution in [0.1, 0.15) is 31.4 Å². The molecule has 0 aromatic carbocycles. The first-order chi connectivity index (χ1) is 11.8. The molecule has 25 heavy (non-hydrogen) atoms. The zero-order valence-corrected chi connectivity index (χ0v) is 14.1. The monoisotopic (exact) mass is 353 g/mol. The first-order valence-electron chi connectivity index (χ1n) is 8.41. The maximum atomic E-state index is 14.1. The summed E-state index contributed by atoms with van der Waals surface area (Å²) in [7, 11) is 0. The van der Waals surface area contributed by atoms with E-state index in [9.17, 15) is 18.4 Å². The summed E-state index contributed by atoms with van der Waals surface area (Å²) in [6.07, 6.45) is 2.06. The third kappa shape index (κ3) is 4.24. The number of carbonyl (C=O) groups excluding carboxylic acids is 2. The van der Waals surface area contributed by atoms with Gasteiger partial charge in [0.1, 0.15) is 0 Å². The smallest absolute Gasteiger partial charge is 0.409 e. The van der Waals surface area contributed by atoms with Crippen molar-refractivity contribution >= 4 is 12.0 Å². The molecular weight excluding hydrogens is 332 g/mol. The first kappa shape index (κ1) is 17.6. The minimum absolute atomic E-state index is 0.0550. The highest BCUT2D eigenvalue weighted by atomic mass is 19.3. The molecule has 6 nitrogen and oxygen atoms in total. The van der Waals surface area contributed by atoms with E-state index >= 15 is 0 Å². The lowest BCUT2D eigenvalue weighted by Gasteiger charge is -2.43. The molecule has 0 unspecified atom stereocenters. The molecule has 3 heterocycles. The van der Waals surface area contributed by atoms with Gasteiger partial charge in [0.05, 0.1) is 18.8 Å². The Morgan fingerprint density at radius 2 is 2.16 bits per heavy atom. The number of carbonyl (C=O) groups is 2. The number of likely N-dealkylation sites (tertiary alicyclic amines) is 2. The molecule has 1 atom stereocenters. The van der Waals surface area contributed by atoms with Crippen molar-refractivity contribution in [2.45, 2.75) is 44.6 Å². The van der Waals surface area contributed by atoms with E-state index < -0.39 is 31.0 Å². The van der Waals surface area contributed by atoms with Crippen LogP contribution in [0, 0.1) is 6.92 Å². The van der Waals surface area contributed by atoms with Crippen LogP contribution < -0.4 is 4.74 Å². The minimum atomic E-state index is -3.05. The predicted octanol–water partition coefficient (Wildman–Crippen LogP) is 2.61. The number of aryl methyl sites for hydroxylation is 1. The normalized spacial score (nSPS) is 23.5. The van der Waals surface area contributed by atoms with Gasteiger partial charge in [-0.15, -0.1) is 0 Å². The largest absolute Gasteiger partial charge is 0.415 e. The number of rotatable bonds is 2. The van der Waals surface area contributed by atoms with Crippen molar-refractivity contribution in [2.75, 3.05) is 19.6 Å². The van der Waals surface area contributed by atoms with Crippen molar-refractivity contribution in [2.24, 2.45) is 0 Å². The molecular formula is C17H21F2N3O3. The van der Waals surface area contributed by atoms with Crippen molar-refractivity contribution in [3.05, 3.63) is 24.0 Å². The Labute approximate surface area is 144 Å². The van der Waals surface area contributed by atoms with Gasteiger partial charge in [0.2, 0.25) is 5.91 Å². The van der Waals surface area contributed by atoms with Crippen molar-refractivity contribution in [1.29, 1.82) is 0 Å². The molecule has 3 rings (SSSR count). The van der Waals surface area contributed by atoms with Gasteiger partial charge in [0, 0.05) is 31.6 Å². The van der Waals surface area contributed by atoms with Gasteiger partial charge < -0.3 is 9.64 Å². The highest BCUT2D eigenvalue weighted by Gasteiger charge is 2.45. The summed E-state index contributed by atoms with van der Waals surface area (Å²) in [5.41, 5.74) is 0.757. The van der Waals surface area contributed by atoms with E-state index in [4.69, 9.17) is 4.74 Å². The van der Waals surface area contributed by atoms with E-state index in [-0.39, 0.29) is 18.2 Å². The Balaban J connectivity index is 1.70. The molecule has 0 spiro atoms. The summed E-state index contributed by atoms with van der Waals surface area (Å²) in [4.78, 5) is 30.8. The molecule has 2 amide bonds. The van der Waals surface area contributed by atoms with Crippen molar-refractivity contribution in [1.82, 2.24) is 14.8 Å². The second kappa shape index (κ2) is 6.93. The fourth-order valence-corrected chi connectivity index (χ4v) is 3.31. The summed E-state index contributed by atoms with van der Waals surface area (Å²) < 4.78 is 33.4. The number of ether oxygens (including phenoxy) is 1. The number of nitrogens with zero attached hydrogens (tertiary/aromatic N) is 3. The van der Waals surface area contributed by atoms with E-state index in [1.54, 1.807) is 19.1 Å². The number of piperidine rings is 2. The molecule has 1 aromatic heterocycles. The maximum Gasteiger partial charge on any atom is 0.415 e. The van der Waals surface area contributed by atoms with Crippen molar-refractivity contribution < 1.29 is 23.1 Å². The van der Waals surface area contributed by atoms with E-state index in [0.717, 1.165) is 23.4 Å². The van der Waals surface area contributed by atoms with Crippen LogP contribution in [0.2, 0.25) is 0 Å². The van der Waals surface area contributed by atoms with Gasteiger partial charge in [-0.25, -0.2) is 13.6 Å². The summed E-state index contributed by atoms with van der Waals surface area (Å²) >= 11 is 0. The van der Waals surface area contributed by atoms with Crippen molar-refractivity contribution in [3.63, 3.8) is 0 Å². The highest BCUT2D eigenvalue weighted by molar-refractivity contribution is 5.77. The second-order valence-corrected chi connectivity index (χ2v) is 6.64. The topological polar surface area (TPSA) is 62.7 Å². The number of hydrogen-bond donors (Lipinski definition) is 0. The molecule has 2 aliphatic heterocycles. The molecule has 0 N–H and O–H groups in total. The summed E-state index contributed by atoms with van der Waals surface area (Å²) in [5.74, 6) is -2.97. The average molecular weight is 353 g/mol. The van der Waals surface area contributed by atoms with Crippen LogP contribution in [-0.2, 0) is 4.79 Å². The van der Waals surface area contributed by atoms with Gasteiger partial charge >= 0.3 is 6.09 Å². The standard InChI is InChI=1S/C17H21F2N3O3/c1-12-5-6-14(9-20-12)25-16(24)21-10-13(8-17(18,19)11-21)22-7-3-2-4-15(22)23/h5-6,9,13H,2-4,7-8,10-11H2,1H3/t13-/m1/s1. The molecule has 2 fully saturated rings. The molecule has 0 aliphatic carbocycles. The Morgan fingerprint density at radius 1 is 1.36 bits per heavy atom. The van der Waals surface area contributed by atoms with Crippen LogP contribution in [0.25, 0.3) is 0 Å². The molecule has 0 bridgehead atoms. The minimum Gasteiger partial charge on any atom is -0.409 e. The van der Waals surface area contributed by atoms with Crippen LogP contribution in [0.15, 0.2) is 18.3 Å². The SMILES string of the molecule is Cc1ccc(OC(=O)N2C[C@H](N3CCCCC3=O)CC(F)(F)C2)cn1. The lowest BCUT2D eigenvalue weighted by atomic mass is 9.98. The zero-order chi connectivity index (χ0) is 18.0. The number of pyridine rings is 1. The number of alkyl halides is 2. The van der Waals surface area contributed by atoms with Crippen LogP contribution in [0.3, 0.4) is 0 Å². The van der Waals surface area contributed by atoms with Crippen molar-refractivity contribution in [3.8, 4) is 5.75 Å². The fraction of sp³-hybridized carbons (Fsp3) is 0.588. The van der Waals surface area contributed by atoms with E-state index in [1.807, 2.05) is 0 Å². The Bertz CT molecular complexity index is 651. The zero-order valence-electron chi connectivity index (χ0n) is 14.1. The predicted molar refractivity (Wildman–Crippen MR) is 85.5 cm³/mol. The van der Waals surface area contributed by atoms with Gasteiger partial charge in [0.15, 0.2) is 5.75 Å². The fourth-order valence-electron chi connectivity index (χ4n) is 3.31. The Kier molecular flexibility index (Phi) is 4.87. The number of halogens is 2. The first-order valence-corrected chi connectivity index (χ1v) is 8.41. The number of aromatic nitrogens is 1. The third-order valence-corrected chi connectivity index (χ3v) is 4.54. The summed E-state index contributed by atoms with van der Waals surface area (Å²) in [5, 5.41) is 0. The summed E-state index contributed by atoms with van der Waals surface area (Å²) in [6.45, 7) is 1.60. The Morgan fingerprint density at radius 3 is 2.84 bits per heavy atom. The second-order valence-electron chi connectivity index (χ2n) is 6.64. The highest BCUT2D eigenvalue weighted by Crippen LogP contribution is 2.31. The third-order valence-electron chi connectivity index (χ3n) is 4.54. The van der Waals surface area contributed by atoms with E-state index in [2.05, 4.69) is 4.98 Å². The van der Waals surface area contributed by atoms with Gasteiger partial charge in [-0.05, 0) is 31.9 Å². The number of amides is 2. The lowest BCUT2D eigenvalue weighted by molar-refractivity contribution is -0.142. The molecule has 2 aliphatic rings. The summed E-state index contributed by atoms with van der Waals surface area (Å²) in [6, 6.07) is 2.55. The molecule has 8 heteroatoms. The molecule has 0 radical (unpaired) electrons. The maximum absolute atomic E-state index is 14.1. The average Bonchev–Trinajstić information content (AvgIpc) is 2.56. The number of hydrogen-bond acceptors (Lipinski definition) is 4. The lowest BCUT2D eigenvalue weighted by Crippen LogP contribution is -2.59. The van der Waals surface area contributed by atoms with E-state index in [1.165, 1.54) is 11.1 Å².